The number of aromatic amines is 1. The van der Waals surface area contributed by atoms with Crippen LogP contribution in [-0.4, -0.2) is 96.5 Å². The number of pyridine rings is 1. The molecule has 1 N–H and O–H groups in total. The highest BCUT2D eigenvalue weighted by Crippen LogP contribution is 2.32. The molecule has 5 aromatic rings. The highest BCUT2D eigenvalue weighted by molar-refractivity contribution is 6.45. The Hall–Kier alpha value is -5.27. The summed E-state index contributed by atoms with van der Waals surface area (Å²) in [6, 6.07) is 9.86. The summed E-state index contributed by atoms with van der Waals surface area (Å²) in [5.74, 6) is 0.745. The van der Waals surface area contributed by atoms with E-state index in [1.165, 1.54) is 37.6 Å². The lowest BCUT2D eigenvalue weighted by atomic mass is 10.1. The van der Waals surface area contributed by atoms with Crippen LogP contribution in [-0.2, 0) is 4.79 Å². The van der Waals surface area contributed by atoms with Crippen LogP contribution >= 0.6 is 0 Å². The van der Waals surface area contributed by atoms with E-state index in [4.69, 9.17) is 9.47 Å². The number of hydrogen-bond acceptors (Lipinski definition) is 10. The summed E-state index contributed by atoms with van der Waals surface area (Å²) in [5, 5.41) is 9.21. The number of fused-ring (bicyclic) bond motifs is 1. The number of carbonyl (C=O) groups is 2. The van der Waals surface area contributed by atoms with E-state index in [2.05, 4.69) is 30.1 Å². The van der Waals surface area contributed by atoms with Gasteiger partial charge in [0.1, 0.15) is 17.9 Å². The molecule has 0 radical (unpaired) electrons. The number of para-hydroxylation sites is 1. The number of hydrogen-bond donors (Lipinski definition) is 1. The zero-order valence-corrected chi connectivity index (χ0v) is 22.1. The third kappa shape index (κ3) is 4.28. The molecule has 0 unspecified atom stereocenters. The molecule has 4 aromatic heterocycles. The Morgan fingerprint density at radius 1 is 0.975 bits per heavy atom. The van der Waals surface area contributed by atoms with E-state index in [0.29, 0.717) is 60.4 Å². The van der Waals surface area contributed by atoms with Crippen LogP contribution in [0, 0.1) is 6.92 Å². The van der Waals surface area contributed by atoms with Crippen molar-refractivity contribution >= 4 is 28.5 Å². The predicted octanol–water partition coefficient (Wildman–Crippen LogP) is 1.58. The van der Waals surface area contributed by atoms with Crippen LogP contribution in [0.15, 0.2) is 49.1 Å². The summed E-state index contributed by atoms with van der Waals surface area (Å²) >= 11 is 0. The first-order valence-electron chi connectivity index (χ1n) is 12.6. The van der Waals surface area contributed by atoms with Crippen molar-refractivity contribution in [2.75, 3.05) is 45.3 Å². The first kappa shape index (κ1) is 25.0. The molecule has 5 heterocycles. The van der Waals surface area contributed by atoms with Gasteiger partial charge in [-0.25, -0.2) is 14.6 Å². The number of nitrogens with one attached hydrogen (secondary N) is 1. The molecule has 204 valence electrons. The Morgan fingerprint density at radius 2 is 1.75 bits per heavy atom. The van der Waals surface area contributed by atoms with Crippen molar-refractivity contribution in [2.24, 2.45) is 0 Å². The number of amides is 1. The molecule has 1 amide bonds. The number of ether oxygens (including phenoxy) is 2. The number of benzene rings is 1. The summed E-state index contributed by atoms with van der Waals surface area (Å²) < 4.78 is 14.0. The lowest BCUT2D eigenvalue weighted by molar-refractivity contribution is -0.126. The second-order valence-electron chi connectivity index (χ2n) is 9.09. The average molecular weight is 543 g/mol. The minimum Gasteiger partial charge on any atom is -0.494 e. The van der Waals surface area contributed by atoms with E-state index in [9.17, 15) is 9.59 Å². The minimum absolute atomic E-state index is 0.202. The molecule has 0 saturated carbocycles. The predicted molar refractivity (Wildman–Crippen MR) is 143 cm³/mol. The number of methoxy groups -OCH3 is 2. The van der Waals surface area contributed by atoms with Crippen molar-refractivity contribution in [3.05, 3.63) is 60.4 Å². The van der Waals surface area contributed by atoms with E-state index in [1.807, 2.05) is 35.2 Å². The third-order valence-electron chi connectivity index (χ3n) is 6.74. The molecule has 1 aromatic carbocycles. The molecule has 1 fully saturated rings. The zero-order valence-electron chi connectivity index (χ0n) is 22.1. The fourth-order valence-corrected chi connectivity index (χ4v) is 4.75. The number of nitrogens with zero attached hydrogens (tertiary/aromatic N) is 9. The number of anilines is 1. The van der Waals surface area contributed by atoms with Gasteiger partial charge in [-0.05, 0) is 19.1 Å². The second kappa shape index (κ2) is 10.1. The quantitative estimate of drug-likeness (QED) is 0.237. The van der Waals surface area contributed by atoms with Gasteiger partial charge in [-0.2, -0.15) is 14.8 Å². The molecule has 0 spiro atoms. The molecular weight excluding hydrogens is 516 g/mol. The van der Waals surface area contributed by atoms with E-state index in [1.54, 1.807) is 16.5 Å². The van der Waals surface area contributed by atoms with E-state index >= 15 is 0 Å². The van der Waals surface area contributed by atoms with E-state index < -0.39 is 11.7 Å². The number of piperazine rings is 1. The molecule has 0 atom stereocenters. The Bertz CT molecular complexity index is 1700. The van der Waals surface area contributed by atoms with Crippen LogP contribution in [0.25, 0.3) is 22.4 Å². The smallest absolute Gasteiger partial charge is 0.337 e. The van der Waals surface area contributed by atoms with Gasteiger partial charge in [0.2, 0.25) is 5.95 Å². The number of rotatable bonds is 7. The molecule has 1 saturated heterocycles. The Balaban J connectivity index is 1.23. The van der Waals surface area contributed by atoms with Crippen molar-refractivity contribution in [3.63, 3.8) is 0 Å². The van der Waals surface area contributed by atoms with Crippen LogP contribution < -0.4 is 14.4 Å². The first-order valence-corrected chi connectivity index (χ1v) is 12.6. The van der Waals surface area contributed by atoms with Crippen molar-refractivity contribution < 1.29 is 19.1 Å². The van der Waals surface area contributed by atoms with Crippen molar-refractivity contribution in [2.45, 2.75) is 6.92 Å². The van der Waals surface area contributed by atoms with Gasteiger partial charge in [0.05, 0.1) is 42.6 Å². The molecule has 0 aliphatic carbocycles. The number of aromatic nitrogens is 8. The van der Waals surface area contributed by atoms with Crippen molar-refractivity contribution in [3.8, 4) is 23.3 Å². The molecule has 14 heteroatoms. The Labute approximate surface area is 228 Å². The van der Waals surface area contributed by atoms with Crippen LogP contribution in [0.5, 0.6) is 11.8 Å². The normalized spacial score (nSPS) is 13.6. The third-order valence-corrected chi connectivity index (χ3v) is 6.74. The molecular formula is C26H26N10O4. The fourth-order valence-electron chi connectivity index (χ4n) is 4.75. The number of H-pyrrole nitrogens is 1. The topological polar surface area (TPSA) is 149 Å². The molecule has 6 rings (SSSR count). The van der Waals surface area contributed by atoms with Gasteiger partial charge in [0.15, 0.2) is 5.82 Å². The van der Waals surface area contributed by atoms with Crippen LogP contribution in [0.4, 0.5) is 5.95 Å². The Morgan fingerprint density at radius 3 is 2.42 bits per heavy atom. The maximum absolute atomic E-state index is 13.5. The van der Waals surface area contributed by atoms with Gasteiger partial charge in [-0.1, -0.05) is 18.2 Å². The number of carbonyl (C=O) groups excluding carboxylic acids is 2. The number of ketones is 1. The van der Waals surface area contributed by atoms with Gasteiger partial charge in [-0.15, -0.1) is 5.10 Å². The summed E-state index contributed by atoms with van der Waals surface area (Å²) in [6.45, 7) is 3.36. The van der Waals surface area contributed by atoms with Crippen LogP contribution in [0.3, 0.4) is 0 Å². The summed E-state index contributed by atoms with van der Waals surface area (Å²) in [5.41, 5.74) is 1.55. The standard InChI is InChI=1S/C26H26N10O4/c1-16-29-15-35(31-16)23-21-20(19(39-2)14-28-23)18(13-27-21)22(37)24(38)33-9-11-34(12-10-33)26-30-25(40-3)32-36(26)17-7-5-4-6-8-17/h4-8,13-15,27H,9-12H2,1-3H3. The van der Waals surface area contributed by atoms with Crippen LogP contribution in [0.1, 0.15) is 16.2 Å². The van der Waals surface area contributed by atoms with Gasteiger partial charge in [-0.3, -0.25) is 9.59 Å². The van der Waals surface area contributed by atoms with Gasteiger partial charge < -0.3 is 24.3 Å². The molecule has 14 nitrogen and oxygen atoms in total. The highest BCUT2D eigenvalue weighted by atomic mass is 16.5. The average Bonchev–Trinajstić information content (AvgIpc) is 3.75. The second-order valence-corrected chi connectivity index (χ2v) is 9.09. The van der Waals surface area contributed by atoms with Gasteiger partial charge >= 0.3 is 6.01 Å². The maximum atomic E-state index is 13.5. The van der Waals surface area contributed by atoms with E-state index in [-0.39, 0.29) is 11.6 Å². The lowest BCUT2D eigenvalue weighted by Gasteiger charge is -2.34. The summed E-state index contributed by atoms with van der Waals surface area (Å²) in [6.07, 6.45) is 4.54. The summed E-state index contributed by atoms with van der Waals surface area (Å²) in [7, 11) is 3.00. The van der Waals surface area contributed by atoms with E-state index in [0.717, 1.165) is 5.69 Å². The van der Waals surface area contributed by atoms with Gasteiger partial charge in [0, 0.05) is 32.4 Å². The van der Waals surface area contributed by atoms with Crippen molar-refractivity contribution in [1.29, 1.82) is 0 Å². The van der Waals surface area contributed by atoms with Gasteiger partial charge in [0.25, 0.3) is 11.7 Å². The van der Waals surface area contributed by atoms with Crippen molar-refractivity contribution in [1.82, 2.24) is 44.4 Å². The SMILES string of the molecule is COc1nc(N2CCN(C(=O)C(=O)c3c[nH]c4c(-n5cnc(C)n5)ncc(OC)c34)CC2)n(-c2ccccc2)n1. The molecule has 0 bridgehead atoms. The minimum atomic E-state index is -0.640. The van der Waals surface area contributed by atoms with Crippen LogP contribution in [0.2, 0.25) is 0 Å². The summed E-state index contributed by atoms with van der Waals surface area (Å²) in [4.78, 5) is 46.6. The molecule has 40 heavy (non-hydrogen) atoms. The molecule has 1 aliphatic rings. The first-order chi connectivity index (χ1) is 19.5. The molecule has 1 aliphatic heterocycles. The Kier molecular flexibility index (Phi) is 6.34. The lowest BCUT2D eigenvalue weighted by Crippen LogP contribution is -2.51. The largest absolute Gasteiger partial charge is 0.494 e. The number of Topliss-reactive ketones (excluding diaryl/α,β-unsaturated/α-hetero) is 1. The zero-order chi connectivity index (χ0) is 27.8. The highest BCUT2D eigenvalue weighted by Gasteiger charge is 2.31. The maximum Gasteiger partial charge on any atom is 0.337 e. The fraction of sp³-hybridized carbons (Fsp3) is 0.269. The monoisotopic (exact) mass is 542 g/mol. The number of aryl methyl sites for hydroxylation is 1.